The average molecular weight is 2080 g/mol. The smallest absolute Gasteiger partial charge is 0.420 e. The molecule has 0 radical (unpaired) electrons. The van der Waals surface area contributed by atoms with Crippen LogP contribution in [0.5, 0.6) is 0 Å². The van der Waals surface area contributed by atoms with Crippen molar-refractivity contribution in [2.24, 2.45) is 0 Å². The maximum Gasteiger partial charge on any atom is 0.534 e. The van der Waals surface area contributed by atoms with E-state index >= 15 is 0 Å². The van der Waals surface area contributed by atoms with Crippen LogP contribution >= 0.6 is 23.5 Å². The van der Waals surface area contributed by atoms with Crippen LogP contribution in [-0.2, 0) is 146 Å². The summed E-state index contributed by atoms with van der Waals surface area (Å²) in [6, 6.07) is 49.9. The number of rotatable bonds is 24. The van der Waals surface area contributed by atoms with Gasteiger partial charge in [0.25, 0.3) is 70.9 Å². The highest BCUT2D eigenvalue weighted by atomic mass is 32.2. The Labute approximate surface area is 835 Å². The molecule has 6 aliphatic heterocycles. The quantitative estimate of drug-likeness (QED) is 0.0248. The number of imide groups is 6. The number of carbonyl (C=O) groups excluding carboxylic acids is 22. The second-order valence-electron chi connectivity index (χ2n) is 31.8. The van der Waals surface area contributed by atoms with Crippen molar-refractivity contribution in [2.45, 2.75) is 115 Å². The van der Waals surface area contributed by atoms with Gasteiger partial charge in [-0.25, -0.2) is 19.2 Å². The Morgan fingerprint density at radius 1 is 0.281 bits per heavy atom. The molecule has 4 saturated heterocycles. The van der Waals surface area contributed by atoms with E-state index in [0.717, 1.165) is 102 Å². The second-order valence-corrected chi connectivity index (χ2v) is 35.2. The number of hydrogen-bond donors (Lipinski definition) is 4. The van der Waals surface area contributed by atoms with E-state index in [2.05, 4.69) is 21.3 Å². The maximum absolute atomic E-state index is 12.5. The van der Waals surface area contributed by atoms with E-state index in [0.29, 0.717) is 99.0 Å². The number of carbonyl (C=O) groups is 22. The summed E-state index contributed by atoms with van der Waals surface area (Å²) in [7, 11) is -6.22. The van der Waals surface area contributed by atoms with Crippen molar-refractivity contribution in [3.63, 3.8) is 0 Å². The van der Waals surface area contributed by atoms with Gasteiger partial charge in [0, 0.05) is 207 Å². The topological polar surface area (TPSA) is 619 Å². The molecule has 4 atom stereocenters. The third-order valence-corrected chi connectivity index (χ3v) is 24.0. The molecule has 4 fully saturated rings. The summed E-state index contributed by atoms with van der Waals surface area (Å²) in [6.45, 7) is 2.78. The fourth-order valence-electron chi connectivity index (χ4n) is 16.1. The van der Waals surface area contributed by atoms with Crippen molar-refractivity contribution >= 4 is 197 Å². The highest BCUT2D eigenvalue weighted by Crippen LogP contribution is 2.51. The average Bonchev–Trinajstić information content (AvgIpc) is 1.62. The molecule has 18 rings (SSSR count). The van der Waals surface area contributed by atoms with E-state index in [4.69, 9.17) is 63.6 Å². The lowest BCUT2D eigenvalue weighted by molar-refractivity contribution is -0.178. The number of hydrogen-bond acceptors (Lipinski definition) is 38. The van der Waals surface area contributed by atoms with Gasteiger partial charge in [-0.05, 0) is 93.0 Å². The van der Waals surface area contributed by atoms with Gasteiger partial charge < -0.3 is 40.2 Å². The molecule has 752 valence electrons. The van der Waals surface area contributed by atoms with E-state index in [1.54, 1.807) is 109 Å². The Kier molecular flexibility index (Phi) is 34.5. The molecule has 0 bridgehead atoms. The van der Waals surface area contributed by atoms with Crippen LogP contribution in [0.4, 0.5) is 41.9 Å². The van der Waals surface area contributed by atoms with Gasteiger partial charge >= 0.3 is 45.8 Å². The summed E-state index contributed by atoms with van der Waals surface area (Å²) in [5.41, 5.74) is 13.5. The zero-order chi connectivity index (χ0) is 105. The normalized spacial score (nSPS) is 16.5. The van der Waals surface area contributed by atoms with Crippen molar-refractivity contribution in [3.8, 4) is 44.5 Å². The van der Waals surface area contributed by atoms with Gasteiger partial charge in [-0.2, -0.15) is 0 Å². The lowest BCUT2D eigenvalue weighted by Crippen LogP contribution is -2.33. The first-order valence-corrected chi connectivity index (χ1v) is 47.7. The molecule has 6 heterocycles. The van der Waals surface area contributed by atoms with Crippen LogP contribution in [0.1, 0.15) is 160 Å². The molecule has 4 unspecified atom stereocenters. The van der Waals surface area contributed by atoms with Gasteiger partial charge in [-0.1, -0.05) is 165 Å². The van der Waals surface area contributed by atoms with Crippen molar-refractivity contribution in [3.05, 3.63) is 239 Å². The third kappa shape index (κ3) is 26.4. The first-order valence-electron chi connectivity index (χ1n) is 43.7. The third-order valence-electron chi connectivity index (χ3n) is 22.3. The van der Waals surface area contributed by atoms with Gasteiger partial charge in [0.15, 0.2) is 34.6 Å². The Morgan fingerprint density at radius 2 is 0.473 bits per heavy atom. The summed E-state index contributed by atoms with van der Waals surface area (Å²) in [4.78, 5) is 283. The van der Waals surface area contributed by atoms with Crippen LogP contribution < -0.4 is 21.3 Å². The number of benzene rings is 8. The first kappa shape index (κ1) is 106. The van der Waals surface area contributed by atoms with Crippen molar-refractivity contribution in [1.29, 1.82) is 0 Å². The number of nitrogens with zero attached hydrogens (tertiary/aromatic N) is 6. The molecular weight excluding hydrogens is 2000 g/mol. The van der Waals surface area contributed by atoms with Crippen LogP contribution in [0, 0.1) is 0 Å². The van der Waals surface area contributed by atoms with Crippen molar-refractivity contribution < 1.29 is 169 Å². The van der Waals surface area contributed by atoms with Crippen LogP contribution in [0.3, 0.4) is 0 Å². The Balaban J connectivity index is 0.000000159. The number of thioether (sulfide) groups is 2. The fraction of sp³-hybridized carbons (Fsp3) is 0.229. The zero-order valence-corrected chi connectivity index (χ0v) is 79.4. The number of fused-ring (bicyclic) bond motifs is 12. The number of hydroxylamine groups is 8. The predicted molar refractivity (Wildman–Crippen MR) is 500 cm³/mol. The lowest BCUT2D eigenvalue weighted by atomic mass is 10.1. The highest BCUT2D eigenvalue weighted by Gasteiger charge is 2.44. The number of anilines is 4. The Hall–Kier alpha value is -17.7. The molecule has 16 amide bonds. The second kappa shape index (κ2) is 47.7. The molecule has 0 spiro atoms. The van der Waals surface area contributed by atoms with Crippen LogP contribution in [0.2, 0.25) is 0 Å². The van der Waals surface area contributed by atoms with Gasteiger partial charge in [0.1, 0.15) is 0 Å². The van der Waals surface area contributed by atoms with Crippen LogP contribution in [0.15, 0.2) is 194 Å². The standard InChI is InChI=1S/2C25H19N3O8.2C23H20N2O7S.2O3S/c2*29-19(11-12-27-20(30)7-8-21(27)31)26-14-5-6-16-15-3-1-2-4-17(15)24(18(16)13-14)35-25(34)36-28-22(32)9-10-23(28)33;2*1-13(26)33-11-10-19(27)24-14-6-7-16-15-4-2-3-5-17(15)22(18(16)12-14)31-23(30)32-25-20(28)8-9-21(25)29;2*1-4(2)3/h2*1-8,13,24H,9-12H2,(H,26,29);2*2-7,12,22H,8-11H2,1H3,(H,24,27);;. The highest BCUT2D eigenvalue weighted by molar-refractivity contribution is 8.13. The fourth-order valence-corrected chi connectivity index (χ4v) is 17.2. The van der Waals surface area contributed by atoms with Gasteiger partial charge in [-0.3, -0.25) is 115 Å². The van der Waals surface area contributed by atoms with E-state index in [9.17, 15) is 105 Å². The molecule has 10 aliphatic rings. The molecule has 46 nitrogen and oxygen atoms in total. The molecular formula is C96H78N10O36S4. The van der Waals surface area contributed by atoms with Gasteiger partial charge in [0.05, 0.1) is 0 Å². The molecule has 50 heteroatoms. The monoisotopic (exact) mass is 2070 g/mol. The molecule has 0 aromatic heterocycles. The van der Waals surface area contributed by atoms with E-state index in [-0.39, 0.29) is 112 Å². The Morgan fingerprint density at radius 3 is 0.678 bits per heavy atom. The number of ether oxygens (including phenoxy) is 4. The summed E-state index contributed by atoms with van der Waals surface area (Å²) in [6.07, 6.45) is -3.76. The van der Waals surface area contributed by atoms with Gasteiger partial charge in [-0.15, -0.1) is 25.3 Å². The summed E-state index contributed by atoms with van der Waals surface area (Å²) < 4.78 is 72.7. The minimum absolute atomic E-state index is 0.0187. The predicted octanol–water partition coefficient (Wildman–Crippen LogP) is 9.61. The molecule has 4 N–H and O–H groups in total. The van der Waals surface area contributed by atoms with E-state index in [1.165, 1.54) is 13.8 Å². The molecule has 4 aliphatic carbocycles. The first-order chi connectivity index (χ1) is 69.7. The zero-order valence-electron chi connectivity index (χ0n) is 76.1. The van der Waals surface area contributed by atoms with Crippen molar-refractivity contribution in [1.82, 2.24) is 30.1 Å². The molecule has 8 aromatic rings. The lowest BCUT2D eigenvalue weighted by Gasteiger charge is -2.18. The van der Waals surface area contributed by atoms with Crippen LogP contribution in [0.25, 0.3) is 44.5 Å². The molecule has 8 aromatic carbocycles. The number of amides is 16. The van der Waals surface area contributed by atoms with E-state index in [1.807, 2.05) is 60.7 Å². The van der Waals surface area contributed by atoms with E-state index < -0.39 is 153 Å². The van der Waals surface area contributed by atoms with Crippen LogP contribution in [-0.4, -0.2) is 209 Å². The molecule has 0 saturated carbocycles. The van der Waals surface area contributed by atoms with Gasteiger partial charge in [0.2, 0.25) is 23.6 Å². The molecule has 146 heavy (non-hydrogen) atoms. The minimum atomic E-state index is -3.11. The summed E-state index contributed by atoms with van der Waals surface area (Å²) in [5.74, 6) is -7.32. The summed E-state index contributed by atoms with van der Waals surface area (Å²) in [5, 5.41) is 12.6. The summed E-state index contributed by atoms with van der Waals surface area (Å²) >= 11 is 2.16. The largest absolute Gasteiger partial charge is 0.534 e. The van der Waals surface area contributed by atoms with Crippen molar-refractivity contribution in [2.75, 3.05) is 45.9 Å². The minimum Gasteiger partial charge on any atom is -0.420 e. The Bertz CT molecular complexity index is 6620. The number of nitrogens with one attached hydrogen (secondary N) is 4. The SMILES string of the molecule is CC(=O)SCCC(=O)Nc1ccc2c(c1)C(OC(=O)ON1C(=O)CCC1=O)c1ccccc1-2.CC(=O)SCCC(=O)Nc1ccc2c(c1)C(OC(=O)ON1C(=O)CCC1=O)c1ccccc1-2.O=C(CCN1C(=O)C=CC1=O)Nc1ccc2c(c1)C(OC(=O)ON1C(=O)CCC1=O)c1ccccc1-2.O=C(CCN1C(=O)C=CC1=O)Nc1ccc2c(c1)C(OC(=O)ON1C(=O)CCC1=O)c1ccccc1-2.O=S(=O)=O.O=S(=O)=O. The maximum atomic E-state index is 12.5.